The van der Waals surface area contributed by atoms with Crippen molar-refractivity contribution < 1.29 is 23.1 Å². The Balaban J connectivity index is 2.05. The van der Waals surface area contributed by atoms with Crippen molar-refractivity contribution in [2.24, 2.45) is 5.92 Å². The van der Waals surface area contributed by atoms with Gasteiger partial charge in [-0.25, -0.2) is 0 Å². The number of hydrogen-bond acceptors (Lipinski definition) is 3. The van der Waals surface area contributed by atoms with E-state index in [1.165, 1.54) is 17.4 Å². The molecule has 2 unspecified atom stereocenters. The molecule has 0 saturated carbocycles. The highest BCUT2D eigenvalue weighted by Crippen LogP contribution is 2.40. The number of aliphatic carboxylic acids is 1. The van der Waals surface area contributed by atoms with Crippen LogP contribution in [0.2, 0.25) is 5.02 Å². The zero-order chi connectivity index (χ0) is 19.8. The lowest BCUT2D eigenvalue weighted by atomic mass is 9.93. The number of halogens is 4. The number of carboxylic acid groups (broad SMARTS) is 1. The molecule has 27 heavy (non-hydrogen) atoms. The summed E-state index contributed by atoms with van der Waals surface area (Å²) < 4.78 is 40.0. The van der Waals surface area contributed by atoms with Crippen molar-refractivity contribution in [2.45, 2.75) is 32.0 Å². The van der Waals surface area contributed by atoms with Crippen molar-refractivity contribution in [2.75, 3.05) is 13.1 Å². The Morgan fingerprint density at radius 1 is 1.33 bits per heavy atom. The first kappa shape index (κ1) is 20.2. The van der Waals surface area contributed by atoms with Gasteiger partial charge in [-0.3, -0.25) is 9.69 Å². The summed E-state index contributed by atoms with van der Waals surface area (Å²) in [7, 11) is 0. The maximum absolute atomic E-state index is 13.3. The predicted molar refractivity (Wildman–Crippen MR) is 99.3 cm³/mol. The van der Waals surface area contributed by atoms with Crippen LogP contribution in [0, 0.1) is 12.8 Å². The number of piperidine rings is 1. The van der Waals surface area contributed by atoms with Crippen molar-refractivity contribution in [1.29, 1.82) is 0 Å². The minimum Gasteiger partial charge on any atom is -0.481 e. The second-order valence-corrected chi connectivity index (χ2v) is 8.49. The maximum Gasteiger partial charge on any atom is 0.417 e. The third-order valence-electron chi connectivity index (χ3n) is 4.81. The van der Waals surface area contributed by atoms with E-state index < -0.39 is 29.7 Å². The van der Waals surface area contributed by atoms with Crippen molar-refractivity contribution in [3.63, 3.8) is 0 Å². The lowest BCUT2D eigenvalue weighted by Crippen LogP contribution is -2.41. The van der Waals surface area contributed by atoms with Gasteiger partial charge in [-0.1, -0.05) is 17.7 Å². The summed E-state index contributed by atoms with van der Waals surface area (Å²) in [5, 5.41) is 9.04. The minimum absolute atomic E-state index is 0.306. The number of rotatable bonds is 4. The summed E-state index contributed by atoms with van der Waals surface area (Å²) in [6.45, 7) is 2.88. The Kier molecular flexibility index (Phi) is 5.84. The number of nitrogens with zero attached hydrogens (tertiary/aromatic N) is 1. The molecule has 1 aliphatic heterocycles. The van der Waals surface area contributed by atoms with E-state index in [1.54, 1.807) is 6.07 Å². The molecular formula is C19H19ClF3NO2S. The fourth-order valence-corrected chi connectivity index (χ4v) is 4.79. The van der Waals surface area contributed by atoms with Gasteiger partial charge in [0.05, 0.1) is 22.5 Å². The van der Waals surface area contributed by atoms with Crippen LogP contribution in [0.4, 0.5) is 13.2 Å². The van der Waals surface area contributed by atoms with E-state index in [0.717, 1.165) is 15.8 Å². The van der Waals surface area contributed by atoms with Crippen molar-refractivity contribution in [3.8, 4) is 0 Å². The van der Waals surface area contributed by atoms with E-state index in [1.807, 2.05) is 24.0 Å². The Bertz CT molecular complexity index is 837. The molecule has 1 aliphatic rings. The highest BCUT2D eigenvalue weighted by atomic mass is 35.5. The number of alkyl halides is 3. The zero-order valence-corrected chi connectivity index (χ0v) is 16.2. The van der Waals surface area contributed by atoms with Gasteiger partial charge >= 0.3 is 12.1 Å². The van der Waals surface area contributed by atoms with Crippen molar-refractivity contribution in [1.82, 2.24) is 4.90 Å². The highest BCUT2D eigenvalue weighted by Gasteiger charge is 2.36. The molecule has 3 nitrogen and oxygen atoms in total. The van der Waals surface area contributed by atoms with Gasteiger partial charge in [0.2, 0.25) is 0 Å². The average Bonchev–Trinajstić information content (AvgIpc) is 3.02. The monoisotopic (exact) mass is 417 g/mol. The zero-order valence-electron chi connectivity index (χ0n) is 14.6. The van der Waals surface area contributed by atoms with E-state index in [0.29, 0.717) is 31.5 Å². The van der Waals surface area contributed by atoms with Gasteiger partial charge < -0.3 is 5.11 Å². The predicted octanol–water partition coefficient (Wildman–Crippen LogP) is 5.61. The molecule has 2 heterocycles. The number of aryl methyl sites for hydroxylation is 1. The molecule has 1 aromatic carbocycles. The standard InChI is InChI=1S/C19H19ClF3NO2S/c1-11-4-7-16(27-11)17(24-8-2-3-13(10-24)18(25)26)12-5-6-15(20)14(9-12)19(21,22)23/h4-7,9,13,17H,2-3,8,10H2,1H3,(H,25,26). The van der Waals surface area contributed by atoms with Gasteiger partial charge in [-0.15, -0.1) is 11.3 Å². The van der Waals surface area contributed by atoms with Crippen LogP contribution in [0.5, 0.6) is 0 Å². The summed E-state index contributed by atoms with van der Waals surface area (Å²) in [5.74, 6) is -1.38. The maximum atomic E-state index is 13.3. The first-order valence-corrected chi connectivity index (χ1v) is 9.76. The third-order valence-corrected chi connectivity index (χ3v) is 6.19. The van der Waals surface area contributed by atoms with Crippen LogP contribution in [-0.4, -0.2) is 29.1 Å². The molecule has 0 radical (unpaired) electrons. The van der Waals surface area contributed by atoms with Gasteiger partial charge in [0.25, 0.3) is 0 Å². The second kappa shape index (κ2) is 7.81. The quantitative estimate of drug-likeness (QED) is 0.702. The SMILES string of the molecule is Cc1ccc(C(c2ccc(Cl)c(C(F)(F)F)c2)N2CCCC(C(=O)O)C2)s1. The number of benzene rings is 1. The number of carbonyl (C=O) groups is 1. The molecule has 1 N–H and O–H groups in total. The van der Waals surface area contributed by atoms with Gasteiger partial charge in [0.15, 0.2) is 0 Å². The van der Waals surface area contributed by atoms with Crippen LogP contribution >= 0.6 is 22.9 Å². The Morgan fingerprint density at radius 3 is 2.67 bits per heavy atom. The lowest BCUT2D eigenvalue weighted by Gasteiger charge is -2.37. The van der Waals surface area contributed by atoms with Crippen LogP contribution in [-0.2, 0) is 11.0 Å². The number of likely N-dealkylation sites (tertiary alicyclic amines) is 1. The number of thiophene rings is 1. The van der Waals surface area contributed by atoms with Crippen molar-refractivity contribution in [3.05, 3.63) is 56.2 Å². The summed E-state index contributed by atoms with van der Waals surface area (Å²) in [4.78, 5) is 15.4. The van der Waals surface area contributed by atoms with E-state index in [9.17, 15) is 23.1 Å². The van der Waals surface area contributed by atoms with Gasteiger partial charge in [-0.05, 0) is 56.1 Å². The highest BCUT2D eigenvalue weighted by molar-refractivity contribution is 7.12. The van der Waals surface area contributed by atoms with Gasteiger partial charge in [0, 0.05) is 16.3 Å². The molecule has 146 valence electrons. The molecule has 0 aliphatic carbocycles. The molecule has 1 fully saturated rings. The lowest BCUT2D eigenvalue weighted by molar-refractivity contribution is -0.143. The van der Waals surface area contributed by atoms with Gasteiger partial charge in [0.1, 0.15) is 0 Å². The summed E-state index contributed by atoms with van der Waals surface area (Å²) in [5.41, 5.74) is -0.397. The Morgan fingerprint density at radius 2 is 2.07 bits per heavy atom. The van der Waals surface area contributed by atoms with Crippen LogP contribution in [0.15, 0.2) is 30.3 Å². The molecule has 2 aromatic rings. The molecule has 8 heteroatoms. The minimum atomic E-state index is -4.55. The smallest absolute Gasteiger partial charge is 0.417 e. The fraction of sp³-hybridized carbons (Fsp3) is 0.421. The second-order valence-electron chi connectivity index (χ2n) is 6.76. The molecule has 0 spiro atoms. The van der Waals surface area contributed by atoms with E-state index >= 15 is 0 Å². The molecular weight excluding hydrogens is 399 g/mol. The fourth-order valence-electron chi connectivity index (χ4n) is 3.53. The number of carboxylic acids is 1. The van der Waals surface area contributed by atoms with E-state index in [4.69, 9.17) is 11.6 Å². The first-order chi connectivity index (χ1) is 12.7. The van der Waals surface area contributed by atoms with Crippen LogP contribution in [0.3, 0.4) is 0 Å². The first-order valence-electron chi connectivity index (χ1n) is 8.56. The third kappa shape index (κ3) is 4.47. The summed E-state index contributed by atoms with van der Waals surface area (Å²) >= 11 is 7.29. The molecule has 0 amide bonds. The van der Waals surface area contributed by atoms with Crippen LogP contribution in [0.1, 0.15) is 39.8 Å². The van der Waals surface area contributed by atoms with Crippen LogP contribution in [0.25, 0.3) is 0 Å². The molecule has 1 aromatic heterocycles. The largest absolute Gasteiger partial charge is 0.481 e. The van der Waals surface area contributed by atoms with E-state index in [-0.39, 0.29) is 5.02 Å². The molecule has 2 atom stereocenters. The van der Waals surface area contributed by atoms with Crippen LogP contribution < -0.4 is 0 Å². The molecule has 1 saturated heterocycles. The summed E-state index contributed by atoms with van der Waals surface area (Å²) in [6.07, 6.45) is -3.28. The molecule has 3 rings (SSSR count). The summed E-state index contributed by atoms with van der Waals surface area (Å²) in [6, 6.07) is 7.35. The van der Waals surface area contributed by atoms with E-state index in [2.05, 4.69) is 0 Å². The topological polar surface area (TPSA) is 40.5 Å². The Labute approximate surface area is 164 Å². The normalized spacial score (nSPS) is 19.8. The molecule has 0 bridgehead atoms. The van der Waals surface area contributed by atoms with Crippen molar-refractivity contribution >= 4 is 28.9 Å². The Hall–Kier alpha value is -1.57. The average molecular weight is 418 g/mol. The van der Waals surface area contributed by atoms with Gasteiger partial charge in [-0.2, -0.15) is 13.2 Å². The number of hydrogen-bond donors (Lipinski definition) is 1.